The molecule has 6 rings (SSSR count). The van der Waals surface area contributed by atoms with E-state index in [0.717, 1.165) is 16.8 Å². The molecule has 1 unspecified atom stereocenters. The molecule has 0 bridgehead atoms. The molecule has 3 heterocycles. The highest BCUT2D eigenvalue weighted by molar-refractivity contribution is 8.29. The van der Waals surface area contributed by atoms with E-state index in [1.54, 1.807) is 16.8 Å². The Kier molecular flexibility index (Phi) is 6.29. The van der Waals surface area contributed by atoms with Crippen molar-refractivity contribution >= 4 is 57.9 Å². The van der Waals surface area contributed by atoms with Crippen molar-refractivity contribution in [2.45, 2.75) is 18.2 Å². The van der Waals surface area contributed by atoms with Crippen LogP contribution in [0.15, 0.2) is 82.8 Å². The molecular formula is C28H23N3O5S2. The fourth-order valence-corrected chi connectivity index (χ4v) is 7.25. The number of anilines is 2. The van der Waals surface area contributed by atoms with Gasteiger partial charge in [-0.1, -0.05) is 48.2 Å². The molecule has 0 radical (unpaired) electrons. The predicted octanol–water partition coefficient (Wildman–Crippen LogP) is 5.59. The third-order valence-corrected chi connectivity index (χ3v) is 8.73. The first-order valence-electron chi connectivity index (χ1n) is 12.0. The molecule has 3 aromatic carbocycles. The predicted molar refractivity (Wildman–Crippen MR) is 150 cm³/mol. The molecule has 10 heteroatoms. The summed E-state index contributed by atoms with van der Waals surface area (Å²) >= 11 is 2.54. The summed E-state index contributed by atoms with van der Waals surface area (Å²) in [5, 5.41) is 6.63. The van der Waals surface area contributed by atoms with Crippen LogP contribution in [0.3, 0.4) is 0 Å². The third kappa shape index (κ3) is 4.19. The summed E-state index contributed by atoms with van der Waals surface area (Å²) in [6.45, 7) is 4.13. The second-order valence-corrected chi connectivity index (χ2v) is 11.3. The fraction of sp³-hybridized carbons (Fsp3) is 0.179. The van der Waals surface area contributed by atoms with Gasteiger partial charge >= 0.3 is 5.97 Å². The lowest BCUT2D eigenvalue weighted by molar-refractivity contribution is -0.134. The fourth-order valence-electron chi connectivity index (χ4n) is 4.38. The first kappa shape index (κ1) is 24.4. The molecule has 1 fully saturated rings. The number of para-hydroxylation sites is 1. The number of hydrazone groups is 1. The normalized spacial score (nSPS) is 20.9. The monoisotopic (exact) mass is 545 g/mol. The largest absolute Gasteiger partial charge is 0.461 e. The molecule has 0 aliphatic carbocycles. The van der Waals surface area contributed by atoms with Gasteiger partial charge in [-0.05, 0) is 79.2 Å². The minimum Gasteiger partial charge on any atom is -0.461 e. The number of amides is 1. The van der Waals surface area contributed by atoms with Crippen molar-refractivity contribution in [1.82, 2.24) is 0 Å². The average molecular weight is 546 g/mol. The van der Waals surface area contributed by atoms with Crippen LogP contribution in [0.4, 0.5) is 11.4 Å². The Morgan fingerprint density at radius 2 is 1.82 bits per heavy atom. The minimum atomic E-state index is -1.13. The molecule has 0 saturated carbocycles. The number of hydrogen-bond acceptors (Lipinski definition) is 9. The Balaban J connectivity index is 1.49. The Labute approximate surface area is 228 Å². The molecule has 38 heavy (non-hydrogen) atoms. The Hall–Kier alpha value is -3.89. The van der Waals surface area contributed by atoms with Crippen LogP contribution in [0.2, 0.25) is 0 Å². The number of thioether (sulfide) groups is 2. The average Bonchev–Trinajstić information content (AvgIpc) is 3.61. The van der Waals surface area contributed by atoms with Crippen molar-refractivity contribution < 1.29 is 23.8 Å². The van der Waals surface area contributed by atoms with Crippen molar-refractivity contribution in [1.29, 1.82) is 0 Å². The number of fused-ring (bicyclic) bond motifs is 1. The van der Waals surface area contributed by atoms with Crippen molar-refractivity contribution in [2.75, 3.05) is 23.3 Å². The van der Waals surface area contributed by atoms with Gasteiger partial charge in [0.1, 0.15) is 0 Å². The van der Waals surface area contributed by atoms with Crippen molar-refractivity contribution in [3.63, 3.8) is 0 Å². The number of nitrogens with zero attached hydrogens (tertiary/aromatic N) is 3. The molecule has 0 aromatic heterocycles. The Bertz CT molecular complexity index is 1490. The molecule has 1 spiro atoms. The first-order chi connectivity index (χ1) is 18.5. The molecule has 8 nitrogen and oxygen atoms in total. The number of hydrogen-bond donors (Lipinski definition) is 0. The zero-order chi connectivity index (χ0) is 26.3. The van der Waals surface area contributed by atoms with Crippen LogP contribution in [0.25, 0.3) is 6.08 Å². The number of aryl methyl sites for hydroxylation is 1. The molecule has 3 aromatic rings. The second-order valence-electron chi connectivity index (χ2n) is 8.63. The lowest BCUT2D eigenvalue weighted by Gasteiger charge is -2.38. The minimum absolute atomic E-state index is 0.171. The standard InChI is InChI=1S/C28H23N3O5S2/c1-3-34-27(33)25-29-31(21-11-7-8-18(2)14-21)28(38-25)30(20-9-5-4-6-10-20)26(32)24(37-28)16-19-12-13-22-23(15-19)36-17-35-22/h4-16H,3,17H2,1-2H3/b24-16+. The maximum atomic E-state index is 14.1. The van der Waals surface area contributed by atoms with Gasteiger partial charge in [-0.15, -0.1) is 0 Å². The maximum absolute atomic E-state index is 14.1. The Morgan fingerprint density at radius 1 is 1.03 bits per heavy atom. The second kappa shape index (κ2) is 9.77. The van der Waals surface area contributed by atoms with E-state index in [0.29, 0.717) is 22.1 Å². The number of rotatable bonds is 5. The van der Waals surface area contributed by atoms with Gasteiger partial charge in [-0.25, -0.2) is 9.80 Å². The van der Waals surface area contributed by atoms with E-state index in [1.807, 2.05) is 85.8 Å². The van der Waals surface area contributed by atoms with Crippen LogP contribution < -0.4 is 19.4 Å². The maximum Gasteiger partial charge on any atom is 0.365 e. The quantitative estimate of drug-likeness (QED) is 0.303. The van der Waals surface area contributed by atoms with E-state index in [2.05, 4.69) is 0 Å². The zero-order valence-corrected chi connectivity index (χ0v) is 22.3. The van der Waals surface area contributed by atoms with Gasteiger partial charge in [0.25, 0.3) is 5.91 Å². The van der Waals surface area contributed by atoms with Crippen LogP contribution >= 0.6 is 23.5 Å². The van der Waals surface area contributed by atoms with Crippen LogP contribution in [-0.2, 0) is 14.3 Å². The van der Waals surface area contributed by atoms with Crippen molar-refractivity contribution in [2.24, 2.45) is 5.10 Å². The summed E-state index contributed by atoms with van der Waals surface area (Å²) in [6.07, 6.45) is 1.83. The van der Waals surface area contributed by atoms with Gasteiger partial charge in [0, 0.05) is 5.69 Å². The number of carbonyl (C=O) groups excluding carboxylic acids is 2. The summed E-state index contributed by atoms with van der Waals surface area (Å²) in [5.41, 5.74) is 3.26. The van der Waals surface area contributed by atoms with E-state index in [-0.39, 0.29) is 24.4 Å². The summed E-state index contributed by atoms with van der Waals surface area (Å²) in [5.74, 6) is 0.573. The van der Waals surface area contributed by atoms with Crippen molar-refractivity contribution in [3.8, 4) is 11.5 Å². The van der Waals surface area contributed by atoms with Gasteiger partial charge < -0.3 is 14.2 Å². The molecule has 1 amide bonds. The SMILES string of the molecule is CCOC(=O)C1=NN(c2cccc(C)c2)C2(S1)S/C(=C/c1ccc3c(c1)OCO3)C(=O)N2c1ccccc1. The highest BCUT2D eigenvalue weighted by Gasteiger charge is 2.60. The Morgan fingerprint density at radius 3 is 2.61 bits per heavy atom. The lowest BCUT2D eigenvalue weighted by Crippen LogP contribution is -2.51. The van der Waals surface area contributed by atoms with E-state index < -0.39 is 10.3 Å². The molecule has 1 atom stereocenters. The summed E-state index contributed by atoms with van der Waals surface area (Å²) < 4.78 is 15.1. The molecular weight excluding hydrogens is 522 g/mol. The van der Waals surface area contributed by atoms with Gasteiger partial charge in [0.15, 0.2) is 11.5 Å². The third-order valence-electron chi connectivity index (χ3n) is 6.03. The molecule has 3 aliphatic heterocycles. The lowest BCUT2D eigenvalue weighted by atomic mass is 10.2. The highest BCUT2D eigenvalue weighted by atomic mass is 32.2. The van der Waals surface area contributed by atoms with Crippen LogP contribution in [0.5, 0.6) is 11.5 Å². The number of ether oxygens (including phenoxy) is 3. The topological polar surface area (TPSA) is 80.7 Å². The van der Waals surface area contributed by atoms with Gasteiger partial charge in [0.2, 0.25) is 16.2 Å². The van der Waals surface area contributed by atoms with Gasteiger partial charge in [0.05, 0.1) is 17.2 Å². The molecule has 1 saturated heterocycles. The van der Waals surface area contributed by atoms with E-state index in [4.69, 9.17) is 19.3 Å². The molecule has 3 aliphatic rings. The van der Waals surface area contributed by atoms with E-state index in [1.165, 1.54) is 23.5 Å². The summed E-state index contributed by atoms with van der Waals surface area (Å²) in [6, 6.07) is 22.8. The number of esters is 1. The van der Waals surface area contributed by atoms with Crippen LogP contribution in [-0.4, -0.2) is 34.6 Å². The van der Waals surface area contributed by atoms with Crippen LogP contribution in [0.1, 0.15) is 18.1 Å². The molecule has 0 N–H and O–H groups in total. The summed E-state index contributed by atoms with van der Waals surface area (Å²) in [7, 11) is 0. The molecule has 192 valence electrons. The van der Waals surface area contributed by atoms with Gasteiger partial charge in [-0.2, -0.15) is 5.10 Å². The number of carbonyl (C=O) groups is 2. The zero-order valence-electron chi connectivity index (χ0n) is 20.6. The summed E-state index contributed by atoms with van der Waals surface area (Å²) in [4.78, 5) is 29.2. The van der Waals surface area contributed by atoms with E-state index in [9.17, 15) is 9.59 Å². The van der Waals surface area contributed by atoms with Crippen molar-refractivity contribution in [3.05, 3.63) is 88.8 Å². The first-order valence-corrected chi connectivity index (χ1v) is 13.6. The number of benzene rings is 3. The van der Waals surface area contributed by atoms with Crippen LogP contribution in [0, 0.1) is 6.92 Å². The smallest absolute Gasteiger partial charge is 0.365 e. The van der Waals surface area contributed by atoms with E-state index >= 15 is 0 Å². The highest BCUT2D eigenvalue weighted by Crippen LogP contribution is 2.59. The van der Waals surface area contributed by atoms with Gasteiger partial charge in [-0.3, -0.25) is 9.69 Å².